The Labute approximate surface area is 181 Å². The standard InChI is InChI=1S/C17H13Br2Cl2NO3S/c1-16(7-17(16,18)19)15(24)22-13-12(14(23)25-2)10(6-26-13)9-4-3-8(20)5-11(9)21/h3-6H,7H2,1-2H3,(H,22,24). The van der Waals surface area contributed by atoms with Crippen molar-refractivity contribution in [1.82, 2.24) is 0 Å². The summed E-state index contributed by atoms with van der Waals surface area (Å²) in [5.41, 5.74) is 0.890. The van der Waals surface area contributed by atoms with Crippen molar-refractivity contribution in [2.75, 3.05) is 12.4 Å². The number of ether oxygens (including phenoxy) is 1. The summed E-state index contributed by atoms with van der Waals surface area (Å²) >= 11 is 20.4. The minimum Gasteiger partial charge on any atom is -0.465 e. The summed E-state index contributed by atoms with van der Waals surface area (Å²) in [7, 11) is 1.29. The molecule has 9 heteroatoms. The third kappa shape index (κ3) is 3.44. The van der Waals surface area contributed by atoms with Crippen molar-refractivity contribution in [3.8, 4) is 11.1 Å². The van der Waals surface area contributed by atoms with Gasteiger partial charge in [0.15, 0.2) is 0 Å². The van der Waals surface area contributed by atoms with Crippen LogP contribution in [0.25, 0.3) is 11.1 Å². The van der Waals surface area contributed by atoms with Gasteiger partial charge in [0.05, 0.1) is 15.8 Å². The molecule has 1 fully saturated rings. The molecule has 0 radical (unpaired) electrons. The first-order chi connectivity index (χ1) is 12.1. The van der Waals surface area contributed by atoms with Crippen LogP contribution in [0.1, 0.15) is 23.7 Å². The molecule has 1 heterocycles. The van der Waals surface area contributed by atoms with E-state index in [4.69, 9.17) is 27.9 Å². The Morgan fingerprint density at radius 2 is 1.92 bits per heavy atom. The second kappa shape index (κ2) is 7.09. The third-order valence-electron chi connectivity index (χ3n) is 4.39. The van der Waals surface area contributed by atoms with Crippen LogP contribution in [0.5, 0.6) is 0 Å². The molecule has 0 spiro atoms. The molecule has 1 unspecified atom stereocenters. The number of carbonyl (C=O) groups excluding carboxylic acids is 2. The zero-order valence-corrected chi connectivity index (χ0v) is 19.2. The average Bonchev–Trinajstić information content (AvgIpc) is 2.90. The zero-order chi connectivity index (χ0) is 19.3. The van der Waals surface area contributed by atoms with Gasteiger partial charge in [0.1, 0.15) is 10.6 Å². The predicted molar refractivity (Wildman–Crippen MR) is 113 cm³/mol. The van der Waals surface area contributed by atoms with E-state index >= 15 is 0 Å². The minimum atomic E-state index is -0.609. The number of esters is 1. The van der Waals surface area contributed by atoms with Crippen molar-refractivity contribution >= 4 is 83.3 Å². The monoisotopic (exact) mass is 539 g/mol. The van der Waals surface area contributed by atoms with E-state index in [9.17, 15) is 9.59 Å². The smallest absolute Gasteiger partial charge is 0.341 e. The number of methoxy groups -OCH3 is 1. The number of nitrogens with one attached hydrogen (secondary N) is 1. The molecule has 1 aliphatic carbocycles. The summed E-state index contributed by atoms with van der Waals surface area (Å²) in [6.07, 6.45) is 0.640. The SMILES string of the molecule is COC(=O)c1c(-c2ccc(Cl)cc2Cl)csc1NC(=O)C1(C)CC1(Br)Br. The molecule has 1 amide bonds. The first-order valence-electron chi connectivity index (χ1n) is 7.45. The van der Waals surface area contributed by atoms with Crippen LogP contribution in [0.3, 0.4) is 0 Å². The summed E-state index contributed by atoms with van der Waals surface area (Å²) in [5, 5.41) is 5.95. The second-order valence-electron chi connectivity index (χ2n) is 6.14. The molecule has 26 heavy (non-hydrogen) atoms. The van der Waals surface area contributed by atoms with Gasteiger partial charge in [-0.2, -0.15) is 0 Å². The molecule has 1 aromatic heterocycles. The molecular weight excluding hydrogens is 529 g/mol. The van der Waals surface area contributed by atoms with E-state index in [1.54, 1.807) is 23.6 Å². The van der Waals surface area contributed by atoms with Crippen LogP contribution in [-0.2, 0) is 9.53 Å². The van der Waals surface area contributed by atoms with Gasteiger partial charge in [-0.05, 0) is 25.5 Å². The van der Waals surface area contributed by atoms with Gasteiger partial charge in [-0.15, -0.1) is 11.3 Å². The van der Waals surface area contributed by atoms with E-state index in [0.717, 1.165) is 0 Å². The Kier molecular flexibility index (Phi) is 5.50. The number of thiophene rings is 1. The van der Waals surface area contributed by atoms with Gasteiger partial charge in [0.25, 0.3) is 0 Å². The van der Waals surface area contributed by atoms with Crippen LogP contribution in [-0.4, -0.2) is 22.2 Å². The normalized spacial score (nSPS) is 20.5. The van der Waals surface area contributed by atoms with E-state index in [2.05, 4.69) is 37.2 Å². The average molecular weight is 542 g/mol. The lowest BCUT2D eigenvalue weighted by Crippen LogP contribution is -2.26. The molecule has 1 aliphatic rings. The number of halogens is 4. The third-order valence-corrected chi connectivity index (χ3v) is 8.14. The van der Waals surface area contributed by atoms with E-state index in [-0.39, 0.29) is 11.5 Å². The van der Waals surface area contributed by atoms with Crippen molar-refractivity contribution in [3.63, 3.8) is 0 Å². The van der Waals surface area contributed by atoms with Crippen molar-refractivity contribution in [2.45, 2.75) is 16.6 Å². The van der Waals surface area contributed by atoms with Crippen LogP contribution >= 0.6 is 66.4 Å². The van der Waals surface area contributed by atoms with E-state index in [0.29, 0.717) is 32.6 Å². The summed E-state index contributed by atoms with van der Waals surface area (Å²) in [5.74, 6) is -0.737. The van der Waals surface area contributed by atoms with Crippen LogP contribution in [0.15, 0.2) is 23.6 Å². The number of benzene rings is 1. The lowest BCUT2D eigenvalue weighted by molar-refractivity contribution is -0.120. The van der Waals surface area contributed by atoms with Gasteiger partial charge >= 0.3 is 5.97 Å². The predicted octanol–water partition coefficient (Wildman–Crippen LogP) is 6.34. The molecule has 0 bridgehead atoms. The van der Waals surface area contributed by atoms with Gasteiger partial charge in [0, 0.05) is 26.6 Å². The molecule has 1 aromatic carbocycles. The topological polar surface area (TPSA) is 55.4 Å². The fourth-order valence-electron chi connectivity index (χ4n) is 2.55. The number of anilines is 1. The highest BCUT2D eigenvalue weighted by atomic mass is 79.9. The fraction of sp³-hybridized carbons (Fsp3) is 0.294. The number of amides is 1. The summed E-state index contributed by atoms with van der Waals surface area (Å²) < 4.78 is 4.49. The Morgan fingerprint density at radius 3 is 2.46 bits per heavy atom. The van der Waals surface area contributed by atoms with E-state index in [1.807, 2.05) is 6.92 Å². The molecule has 3 rings (SSSR count). The molecule has 1 saturated carbocycles. The number of alkyl halides is 2. The van der Waals surface area contributed by atoms with Crippen LogP contribution in [0, 0.1) is 5.41 Å². The van der Waals surface area contributed by atoms with Crippen molar-refractivity contribution in [2.24, 2.45) is 5.41 Å². The van der Waals surface area contributed by atoms with Crippen LogP contribution in [0.4, 0.5) is 5.00 Å². The highest BCUT2D eigenvalue weighted by molar-refractivity contribution is 9.25. The quantitative estimate of drug-likeness (QED) is 0.363. The first-order valence-corrected chi connectivity index (χ1v) is 10.7. The largest absolute Gasteiger partial charge is 0.465 e. The van der Waals surface area contributed by atoms with Crippen LogP contribution < -0.4 is 5.32 Å². The van der Waals surface area contributed by atoms with E-state index in [1.165, 1.54) is 18.4 Å². The molecule has 0 saturated heterocycles. The Balaban J connectivity index is 2.01. The molecule has 138 valence electrons. The number of hydrogen-bond acceptors (Lipinski definition) is 4. The highest BCUT2D eigenvalue weighted by Crippen LogP contribution is 2.66. The number of carbonyl (C=O) groups is 2. The van der Waals surface area contributed by atoms with Gasteiger partial charge in [0.2, 0.25) is 5.91 Å². The molecule has 1 N–H and O–H groups in total. The van der Waals surface area contributed by atoms with E-state index < -0.39 is 14.6 Å². The van der Waals surface area contributed by atoms with Crippen LogP contribution in [0.2, 0.25) is 10.0 Å². The van der Waals surface area contributed by atoms with Gasteiger partial charge < -0.3 is 10.1 Å². The lowest BCUT2D eigenvalue weighted by Gasteiger charge is -2.13. The second-order valence-corrected chi connectivity index (χ2v) is 11.6. The fourth-order valence-corrected chi connectivity index (χ4v) is 5.48. The summed E-state index contributed by atoms with van der Waals surface area (Å²) in [4.78, 5) is 25.1. The number of hydrogen-bond donors (Lipinski definition) is 1. The van der Waals surface area contributed by atoms with Crippen molar-refractivity contribution < 1.29 is 14.3 Å². The Morgan fingerprint density at radius 1 is 1.27 bits per heavy atom. The summed E-state index contributed by atoms with van der Waals surface area (Å²) in [6.45, 7) is 1.84. The van der Waals surface area contributed by atoms with Gasteiger partial charge in [-0.3, -0.25) is 4.79 Å². The highest BCUT2D eigenvalue weighted by Gasteiger charge is 2.66. The van der Waals surface area contributed by atoms with Crippen molar-refractivity contribution in [3.05, 3.63) is 39.2 Å². The minimum absolute atomic E-state index is 0.188. The molecule has 0 aliphatic heterocycles. The lowest BCUT2D eigenvalue weighted by atomic mass is 10.0. The Bertz CT molecular complexity index is 915. The molecule has 2 aromatic rings. The zero-order valence-electron chi connectivity index (χ0n) is 13.7. The van der Waals surface area contributed by atoms with Crippen molar-refractivity contribution in [1.29, 1.82) is 0 Å². The maximum absolute atomic E-state index is 12.7. The molecular formula is C17H13Br2Cl2NO3S. The van der Waals surface area contributed by atoms with Gasteiger partial charge in [-0.25, -0.2) is 4.79 Å². The maximum atomic E-state index is 12.7. The number of rotatable bonds is 4. The first kappa shape index (κ1) is 20.1. The summed E-state index contributed by atoms with van der Waals surface area (Å²) in [6, 6.07) is 5.02. The molecule has 4 nitrogen and oxygen atoms in total. The maximum Gasteiger partial charge on any atom is 0.341 e. The molecule has 1 atom stereocenters. The Hall–Kier alpha value is -0.600. The van der Waals surface area contributed by atoms with Gasteiger partial charge in [-0.1, -0.05) is 61.1 Å².